The number of aryl methyl sites for hydroxylation is 1. The molecule has 0 fully saturated rings. The standard InChI is InChI=1S/C25H19Cl2NO5/c1-2-15-3-6-17(7-4-15)33-23-13-32-22-12-18(8-9-19(22)25(23)30)31-14-24(29)28-21-11-16(26)5-10-20(21)27/h3-13H,2,14H2,1H3,(H,28,29). The van der Waals surface area contributed by atoms with Gasteiger partial charge in [0.25, 0.3) is 5.91 Å². The summed E-state index contributed by atoms with van der Waals surface area (Å²) in [4.78, 5) is 25.0. The maximum Gasteiger partial charge on any atom is 0.262 e. The Kier molecular flexibility index (Phi) is 6.87. The van der Waals surface area contributed by atoms with E-state index in [-0.39, 0.29) is 17.8 Å². The van der Waals surface area contributed by atoms with E-state index in [0.29, 0.717) is 38.2 Å². The van der Waals surface area contributed by atoms with Crippen LogP contribution in [0.1, 0.15) is 12.5 Å². The summed E-state index contributed by atoms with van der Waals surface area (Å²) in [7, 11) is 0. The number of rotatable bonds is 7. The van der Waals surface area contributed by atoms with Gasteiger partial charge < -0.3 is 19.2 Å². The van der Waals surface area contributed by atoms with Crippen molar-refractivity contribution in [2.45, 2.75) is 13.3 Å². The largest absolute Gasteiger partial charge is 0.484 e. The van der Waals surface area contributed by atoms with Crippen molar-refractivity contribution in [3.05, 3.63) is 92.8 Å². The normalized spacial score (nSPS) is 10.8. The van der Waals surface area contributed by atoms with Crippen molar-refractivity contribution >= 4 is 45.8 Å². The number of halogens is 2. The maximum atomic E-state index is 12.8. The molecule has 1 amide bonds. The van der Waals surface area contributed by atoms with E-state index in [1.165, 1.54) is 17.9 Å². The second kappa shape index (κ2) is 9.98. The van der Waals surface area contributed by atoms with Gasteiger partial charge in [-0.1, -0.05) is 42.3 Å². The fraction of sp³-hybridized carbons (Fsp3) is 0.120. The first-order valence-corrected chi connectivity index (χ1v) is 10.9. The lowest BCUT2D eigenvalue weighted by atomic mass is 10.2. The molecule has 0 bridgehead atoms. The second-order valence-corrected chi connectivity index (χ2v) is 7.99. The Hall–Kier alpha value is -3.48. The molecule has 0 aliphatic heterocycles. The van der Waals surface area contributed by atoms with Crippen LogP contribution in [-0.4, -0.2) is 12.5 Å². The Morgan fingerprint density at radius 1 is 1.00 bits per heavy atom. The minimum Gasteiger partial charge on any atom is -0.484 e. The summed E-state index contributed by atoms with van der Waals surface area (Å²) in [5.74, 6) is 0.572. The Morgan fingerprint density at radius 2 is 1.76 bits per heavy atom. The highest BCUT2D eigenvalue weighted by molar-refractivity contribution is 6.35. The first-order chi connectivity index (χ1) is 15.9. The van der Waals surface area contributed by atoms with Crippen LogP contribution in [0.15, 0.2) is 76.1 Å². The lowest BCUT2D eigenvalue weighted by Crippen LogP contribution is -2.20. The van der Waals surface area contributed by atoms with Gasteiger partial charge in [-0.2, -0.15) is 0 Å². The van der Waals surface area contributed by atoms with E-state index in [1.54, 1.807) is 42.5 Å². The van der Waals surface area contributed by atoms with E-state index in [1.807, 2.05) is 12.1 Å². The first kappa shape index (κ1) is 22.7. The van der Waals surface area contributed by atoms with Gasteiger partial charge in [-0.3, -0.25) is 9.59 Å². The zero-order valence-corrected chi connectivity index (χ0v) is 19.1. The molecule has 0 unspecified atom stereocenters. The number of carbonyl (C=O) groups is 1. The predicted molar refractivity (Wildman–Crippen MR) is 129 cm³/mol. The van der Waals surface area contributed by atoms with Crippen LogP contribution in [0.4, 0.5) is 5.69 Å². The molecule has 1 N–H and O–H groups in total. The molecule has 0 aliphatic rings. The van der Waals surface area contributed by atoms with Crippen molar-refractivity contribution in [3.8, 4) is 17.2 Å². The zero-order valence-electron chi connectivity index (χ0n) is 17.6. The molecule has 3 aromatic carbocycles. The van der Waals surface area contributed by atoms with Gasteiger partial charge in [0, 0.05) is 11.1 Å². The van der Waals surface area contributed by atoms with Gasteiger partial charge >= 0.3 is 0 Å². The molecular weight excluding hydrogens is 465 g/mol. The molecule has 168 valence electrons. The Balaban J connectivity index is 1.44. The van der Waals surface area contributed by atoms with Gasteiger partial charge in [0.15, 0.2) is 6.61 Å². The van der Waals surface area contributed by atoms with Crippen molar-refractivity contribution in [2.24, 2.45) is 0 Å². The van der Waals surface area contributed by atoms with Gasteiger partial charge in [0.05, 0.1) is 16.1 Å². The number of amides is 1. The summed E-state index contributed by atoms with van der Waals surface area (Å²) in [6.45, 7) is 1.79. The van der Waals surface area contributed by atoms with Gasteiger partial charge in [-0.15, -0.1) is 0 Å². The molecule has 0 atom stereocenters. The van der Waals surface area contributed by atoms with Crippen molar-refractivity contribution in [1.29, 1.82) is 0 Å². The third kappa shape index (κ3) is 5.48. The van der Waals surface area contributed by atoms with Crippen LogP contribution in [0.5, 0.6) is 17.2 Å². The van der Waals surface area contributed by atoms with Crippen molar-refractivity contribution in [1.82, 2.24) is 0 Å². The number of hydrogen-bond donors (Lipinski definition) is 1. The van der Waals surface area contributed by atoms with Gasteiger partial charge in [0.1, 0.15) is 23.3 Å². The minimum absolute atomic E-state index is 0.0817. The predicted octanol–water partition coefficient (Wildman–Crippen LogP) is 6.47. The molecular formula is C25H19Cl2NO5. The molecule has 0 aliphatic carbocycles. The van der Waals surface area contributed by atoms with E-state index in [2.05, 4.69) is 12.2 Å². The SMILES string of the molecule is CCc1ccc(Oc2coc3cc(OCC(=O)Nc4cc(Cl)ccc4Cl)ccc3c2=O)cc1. The summed E-state index contributed by atoms with van der Waals surface area (Å²) in [5, 5.41) is 3.78. The average Bonchev–Trinajstić information content (AvgIpc) is 2.82. The van der Waals surface area contributed by atoms with Crippen molar-refractivity contribution in [2.75, 3.05) is 11.9 Å². The molecule has 4 aromatic rings. The molecule has 33 heavy (non-hydrogen) atoms. The van der Waals surface area contributed by atoms with Crippen LogP contribution in [0, 0.1) is 0 Å². The van der Waals surface area contributed by atoms with Crippen LogP contribution in [-0.2, 0) is 11.2 Å². The van der Waals surface area contributed by atoms with Gasteiger partial charge in [0.2, 0.25) is 11.2 Å². The number of anilines is 1. The highest BCUT2D eigenvalue weighted by Gasteiger charge is 2.12. The van der Waals surface area contributed by atoms with E-state index < -0.39 is 5.91 Å². The van der Waals surface area contributed by atoms with Crippen molar-refractivity contribution in [3.63, 3.8) is 0 Å². The van der Waals surface area contributed by atoms with Crippen LogP contribution in [0.25, 0.3) is 11.0 Å². The lowest BCUT2D eigenvalue weighted by molar-refractivity contribution is -0.118. The van der Waals surface area contributed by atoms with E-state index in [4.69, 9.17) is 37.1 Å². The number of nitrogens with one attached hydrogen (secondary N) is 1. The molecule has 4 rings (SSSR count). The van der Waals surface area contributed by atoms with Gasteiger partial charge in [-0.25, -0.2) is 0 Å². The summed E-state index contributed by atoms with van der Waals surface area (Å²) in [6.07, 6.45) is 2.18. The van der Waals surface area contributed by atoms with E-state index in [0.717, 1.165) is 6.42 Å². The number of carbonyl (C=O) groups excluding carboxylic acids is 1. The topological polar surface area (TPSA) is 77.8 Å². The highest BCUT2D eigenvalue weighted by atomic mass is 35.5. The van der Waals surface area contributed by atoms with Crippen LogP contribution < -0.4 is 20.2 Å². The molecule has 0 radical (unpaired) electrons. The smallest absolute Gasteiger partial charge is 0.262 e. The third-order valence-corrected chi connectivity index (χ3v) is 5.41. The number of benzene rings is 3. The van der Waals surface area contributed by atoms with Crippen LogP contribution >= 0.6 is 23.2 Å². The number of hydrogen-bond acceptors (Lipinski definition) is 5. The molecule has 0 saturated carbocycles. The lowest BCUT2D eigenvalue weighted by Gasteiger charge is -2.10. The molecule has 6 nitrogen and oxygen atoms in total. The molecule has 0 saturated heterocycles. The quantitative estimate of drug-likeness (QED) is 0.325. The van der Waals surface area contributed by atoms with E-state index in [9.17, 15) is 9.59 Å². The molecule has 1 heterocycles. The van der Waals surface area contributed by atoms with Crippen molar-refractivity contribution < 1.29 is 18.7 Å². The maximum absolute atomic E-state index is 12.8. The summed E-state index contributed by atoms with van der Waals surface area (Å²) < 4.78 is 16.8. The highest BCUT2D eigenvalue weighted by Crippen LogP contribution is 2.26. The van der Waals surface area contributed by atoms with Crippen LogP contribution in [0.2, 0.25) is 10.0 Å². The summed E-state index contributed by atoms with van der Waals surface area (Å²) >= 11 is 12.0. The molecule has 0 spiro atoms. The fourth-order valence-electron chi connectivity index (χ4n) is 3.10. The number of ether oxygens (including phenoxy) is 2. The second-order valence-electron chi connectivity index (χ2n) is 7.15. The summed E-state index contributed by atoms with van der Waals surface area (Å²) in [6, 6.07) is 16.9. The van der Waals surface area contributed by atoms with Crippen LogP contribution in [0.3, 0.4) is 0 Å². The Labute approximate surface area is 199 Å². The molecule has 8 heteroatoms. The first-order valence-electron chi connectivity index (χ1n) is 10.1. The minimum atomic E-state index is -0.418. The van der Waals surface area contributed by atoms with E-state index >= 15 is 0 Å². The third-order valence-electron chi connectivity index (χ3n) is 4.85. The average molecular weight is 484 g/mol. The number of fused-ring (bicyclic) bond motifs is 1. The molecule has 1 aromatic heterocycles. The Bertz CT molecular complexity index is 1370. The fourth-order valence-corrected chi connectivity index (χ4v) is 3.44. The monoisotopic (exact) mass is 483 g/mol. The van der Waals surface area contributed by atoms with Gasteiger partial charge in [-0.05, 0) is 54.4 Å². The zero-order chi connectivity index (χ0) is 23.4. The summed E-state index contributed by atoms with van der Waals surface area (Å²) in [5.41, 5.74) is 1.56. The Morgan fingerprint density at radius 3 is 2.52 bits per heavy atom.